The van der Waals surface area contributed by atoms with Gasteiger partial charge in [-0.25, -0.2) is 4.39 Å². The highest BCUT2D eigenvalue weighted by Gasteiger charge is 2.11. The molecule has 0 unspecified atom stereocenters. The number of likely N-dealkylation sites (N-methyl/N-ethyl adjacent to an activating group) is 1. The molecular formula is C18H21FN2O2. The zero-order valence-corrected chi connectivity index (χ0v) is 13.6. The average molecular weight is 316 g/mol. The van der Waals surface area contributed by atoms with Gasteiger partial charge < -0.3 is 14.5 Å². The fourth-order valence-corrected chi connectivity index (χ4v) is 2.07. The third-order valence-electron chi connectivity index (χ3n) is 3.49. The molecule has 0 aliphatic carbocycles. The third-order valence-corrected chi connectivity index (χ3v) is 3.49. The number of amides is 1. The summed E-state index contributed by atoms with van der Waals surface area (Å²) in [5, 5.41) is 0. The lowest BCUT2D eigenvalue weighted by atomic mass is 10.2. The molecule has 0 bridgehead atoms. The minimum Gasteiger partial charge on any atom is -0.481 e. The lowest BCUT2D eigenvalue weighted by molar-refractivity contribution is -0.132. The second-order valence-electron chi connectivity index (χ2n) is 5.53. The quantitative estimate of drug-likeness (QED) is 0.821. The third kappa shape index (κ3) is 4.71. The van der Waals surface area contributed by atoms with Crippen molar-refractivity contribution in [3.05, 3.63) is 59.9 Å². The predicted molar refractivity (Wildman–Crippen MR) is 89.1 cm³/mol. The zero-order valence-electron chi connectivity index (χ0n) is 13.6. The molecule has 0 fully saturated rings. The lowest BCUT2D eigenvalue weighted by Crippen LogP contribution is -2.31. The van der Waals surface area contributed by atoms with E-state index in [0.29, 0.717) is 6.54 Å². The van der Waals surface area contributed by atoms with E-state index in [0.717, 1.165) is 11.3 Å². The van der Waals surface area contributed by atoms with Crippen molar-refractivity contribution in [2.75, 3.05) is 32.6 Å². The Hall–Kier alpha value is -2.56. The molecule has 4 nitrogen and oxygen atoms in total. The van der Waals surface area contributed by atoms with E-state index in [1.165, 1.54) is 12.1 Å². The van der Waals surface area contributed by atoms with Crippen molar-refractivity contribution in [2.45, 2.75) is 6.54 Å². The van der Waals surface area contributed by atoms with Crippen LogP contribution in [0.2, 0.25) is 0 Å². The molecule has 0 radical (unpaired) electrons. The number of para-hydroxylation sites is 1. The van der Waals surface area contributed by atoms with Crippen molar-refractivity contribution >= 4 is 11.6 Å². The normalized spacial score (nSPS) is 10.3. The molecule has 122 valence electrons. The second-order valence-corrected chi connectivity index (χ2v) is 5.53. The summed E-state index contributed by atoms with van der Waals surface area (Å²) in [5.74, 6) is -0.586. The van der Waals surface area contributed by atoms with Crippen LogP contribution in [0.4, 0.5) is 10.1 Å². The van der Waals surface area contributed by atoms with Gasteiger partial charge in [0.2, 0.25) is 0 Å². The molecule has 0 aliphatic rings. The van der Waals surface area contributed by atoms with Crippen LogP contribution in [-0.4, -0.2) is 38.6 Å². The standard InChI is InChI=1S/C18H21FN2O2/c1-20(2)15-10-8-14(9-11-15)12-21(3)18(22)13-23-17-7-5-4-6-16(17)19/h4-11H,12-13H2,1-3H3. The number of carbonyl (C=O) groups is 1. The molecule has 0 atom stereocenters. The number of nitrogens with zero attached hydrogens (tertiary/aromatic N) is 2. The van der Waals surface area contributed by atoms with Gasteiger partial charge in [-0.2, -0.15) is 0 Å². The fraction of sp³-hybridized carbons (Fsp3) is 0.278. The minimum absolute atomic E-state index is 0.0876. The highest BCUT2D eigenvalue weighted by Crippen LogP contribution is 2.16. The zero-order chi connectivity index (χ0) is 16.8. The Bertz CT molecular complexity index is 656. The van der Waals surface area contributed by atoms with Crippen LogP contribution in [-0.2, 0) is 11.3 Å². The maximum Gasteiger partial charge on any atom is 0.260 e. The van der Waals surface area contributed by atoms with Gasteiger partial charge in [-0.05, 0) is 29.8 Å². The van der Waals surface area contributed by atoms with Crippen LogP contribution in [0, 0.1) is 5.82 Å². The topological polar surface area (TPSA) is 32.8 Å². The smallest absolute Gasteiger partial charge is 0.260 e. The molecule has 0 aromatic heterocycles. The summed E-state index contributed by atoms with van der Waals surface area (Å²) < 4.78 is 18.7. The number of hydrogen-bond acceptors (Lipinski definition) is 3. The highest BCUT2D eigenvalue weighted by molar-refractivity contribution is 5.77. The number of hydrogen-bond donors (Lipinski definition) is 0. The van der Waals surface area contributed by atoms with Crippen molar-refractivity contribution in [1.82, 2.24) is 4.90 Å². The molecule has 0 N–H and O–H groups in total. The van der Waals surface area contributed by atoms with Crippen molar-refractivity contribution in [2.24, 2.45) is 0 Å². The first kappa shape index (κ1) is 16.8. The molecule has 0 saturated carbocycles. The maximum atomic E-state index is 13.4. The molecule has 23 heavy (non-hydrogen) atoms. The van der Waals surface area contributed by atoms with E-state index in [4.69, 9.17) is 4.74 Å². The van der Waals surface area contributed by atoms with Crippen LogP contribution in [0.1, 0.15) is 5.56 Å². The maximum absolute atomic E-state index is 13.4. The Kier molecular flexibility index (Phi) is 5.57. The van der Waals surface area contributed by atoms with Gasteiger partial charge in [0.25, 0.3) is 5.91 Å². The molecule has 2 rings (SSSR count). The molecule has 0 spiro atoms. The van der Waals surface area contributed by atoms with Gasteiger partial charge in [-0.3, -0.25) is 4.79 Å². The largest absolute Gasteiger partial charge is 0.481 e. The van der Waals surface area contributed by atoms with Gasteiger partial charge in [0.15, 0.2) is 18.2 Å². The molecular weight excluding hydrogens is 295 g/mol. The highest BCUT2D eigenvalue weighted by atomic mass is 19.1. The first-order valence-electron chi connectivity index (χ1n) is 7.35. The van der Waals surface area contributed by atoms with Gasteiger partial charge in [0.1, 0.15) is 0 Å². The van der Waals surface area contributed by atoms with Gasteiger partial charge in [-0.1, -0.05) is 24.3 Å². The van der Waals surface area contributed by atoms with E-state index in [1.807, 2.05) is 43.3 Å². The summed E-state index contributed by atoms with van der Waals surface area (Å²) in [6.07, 6.45) is 0. The predicted octanol–water partition coefficient (Wildman–Crippen LogP) is 2.93. The molecule has 1 amide bonds. The second kappa shape index (κ2) is 7.63. The van der Waals surface area contributed by atoms with Crippen molar-refractivity contribution < 1.29 is 13.9 Å². The lowest BCUT2D eigenvalue weighted by Gasteiger charge is -2.18. The van der Waals surface area contributed by atoms with E-state index in [1.54, 1.807) is 24.1 Å². The molecule has 0 heterocycles. The van der Waals surface area contributed by atoms with Crippen LogP contribution in [0.5, 0.6) is 5.75 Å². The van der Waals surface area contributed by atoms with Gasteiger partial charge in [0, 0.05) is 33.4 Å². The number of halogens is 1. The van der Waals surface area contributed by atoms with Gasteiger partial charge >= 0.3 is 0 Å². The summed E-state index contributed by atoms with van der Waals surface area (Å²) in [5.41, 5.74) is 2.13. The van der Waals surface area contributed by atoms with Crippen LogP contribution in [0.25, 0.3) is 0 Å². The van der Waals surface area contributed by atoms with Gasteiger partial charge in [-0.15, -0.1) is 0 Å². The molecule has 5 heteroatoms. The first-order valence-corrected chi connectivity index (χ1v) is 7.35. The number of anilines is 1. The number of benzene rings is 2. The Balaban J connectivity index is 1.88. The van der Waals surface area contributed by atoms with Crippen molar-refractivity contribution in [3.63, 3.8) is 0 Å². The number of rotatable bonds is 6. The number of carbonyl (C=O) groups excluding carboxylic acids is 1. The Morgan fingerprint density at radius 2 is 1.70 bits per heavy atom. The van der Waals surface area contributed by atoms with Crippen LogP contribution >= 0.6 is 0 Å². The first-order chi connectivity index (χ1) is 11.0. The van der Waals surface area contributed by atoms with E-state index < -0.39 is 5.82 Å². The van der Waals surface area contributed by atoms with E-state index >= 15 is 0 Å². The SMILES string of the molecule is CN(Cc1ccc(N(C)C)cc1)C(=O)COc1ccccc1F. The van der Waals surface area contributed by atoms with Crippen LogP contribution in [0.3, 0.4) is 0 Å². The van der Waals surface area contributed by atoms with E-state index in [-0.39, 0.29) is 18.3 Å². The van der Waals surface area contributed by atoms with Crippen molar-refractivity contribution in [1.29, 1.82) is 0 Å². The van der Waals surface area contributed by atoms with Crippen LogP contribution in [0.15, 0.2) is 48.5 Å². The van der Waals surface area contributed by atoms with Crippen molar-refractivity contribution in [3.8, 4) is 5.75 Å². The summed E-state index contributed by atoms with van der Waals surface area (Å²) >= 11 is 0. The van der Waals surface area contributed by atoms with Gasteiger partial charge in [0.05, 0.1) is 0 Å². The number of ether oxygens (including phenoxy) is 1. The summed E-state index contributed by atoms with van der Waals surface area (Å²) in [4.78, 5) is 15.7. The minimum atomic E-state index is -0.470. The summed E-state index contributed by atoms with van der Waals surface area (Å²) in [7, 11) is 5.66. The molecule has 2 aromatic carbocycles. The molecule has 2 aromatic rings. The molecule has 0 saturated heterocycles. The Labute approximate surface area is 136 Å². The Morgan fingerprint density at radius 3 is 2.30 bits per heavy atom. The van der Waals surface area contributed by atoms with Crippen LogP contribution < -0.4 is 9.64 Å². The summed E-state index contributed by atoms with van der Waals surface area (Å²) in [6, 6.07) is 14.0. The molecule has 0 aliphatic heterocycles. The fourth-order valence-electron chi connectivity index (χ4n) is 2.07. The monoisotopic (exact) mass is 316 g/mol. The van der Waals surface area contributed by atoms with E-state index in [2.05, 4.69) is 0 Å². The van der Waals surface area contributed by atoms with E-state index in [9.17, 15) is 9.18 Å². The summed E-state index contributed by atoms with van der Waals surface area (Å²) in [6.45, 7) is 0.292. The Morgan fingerprint density at radius 1 is 1.04 bits per heavy atom. The average Bonchev–Trinajstić information content (AvgIpc) is 2.54.